The third-order valence-corrected chi connectivity index (χ3v) is 6.43. The van der Waals surface area contributed by atoms with Crippen LogP contribution in [0.3, 0.4) is 0 Å². The number of likely N-dealkylation sites (N-methyl/N-ethyl adjacent to an activating group) is 1. The van der Waals surface area contributed by atoms with E-state index in [4.69, 9.17) is 0 Å². The summed E-state index contributed by atoms with van der Waals surface area (Å²) in [6, 6.07) is 24.8. The Kier molecular flexibility index (Phi) is 7.35. The third kappa shape index (κ3) is 5.09. The fourth-order valence-electron chi connectivity index (χ4n) is 4.51. The average molecular weight is 428 g/mol. The number of hydrogen-bond donors (Lipinski definition) is 0. The van der Waals surface area contributed by atoms with Gasteiger partial charge in [-0.15, -0.1) is 0 Å². The molecule has 0 unspecified atom stereocenters. The summed E-state index contributed by atoms with van der Waals surface area (Å²) in [5.41, 5.74) is 2.24. The maximum atomic E-state index is 13.5. The molecule has 0 saturated carbocycles. The Morgan fingerprint density at radius 1 is 0.938 bits per heavy atom. The second-order valence-electron chi connectivity index (χ2n) is 8.41. The summed E-state index contributed by atoms with van der Waals surface area (Å²) in [7, 11) is 0. The van der Waals surface area contributed by atoms with Gasteiger partial charge in [-0.1, -0.05) is 78.9 Å². The van der Waals surface area contributed by atoms with Gasteiger partial charge in [-0.3, -0.25) is 14.6 Å². The second-order valence-corrected chi connectivity index (χ2v) is 8.41. The summed E-state index contributed by atoms with van der Waals surface area (Å²) in [5, 5.41) is 2.30. The van der Waals surface area contributed by atoms with Crippen LogP contribution in [0.25, 0.3) is 16.8 Å². The number of hydrogen-bond acceptors (Lipinski definition) is 3. The van der Waals surface area contributed by atoms with Crippen LogP contribution in [0.5, 0.6) is 0 Å². The monoisotopic (exact) mass is 427 g/mol. The molecule has 0 spiro atoms. The van der Waals surface area contributed by atoms with Crippen molar-refractivity contribution in [1.82, 2.24) is 9.80 Å². The summed E-state index contributed by atoms with van der Waals surface area (Å²) >= 11 is 0. The number of carbonyl (C=O) groups is 1. The molecule has 0 bridgehead atoms. The molecule has 3 aromatic carbocycles. The van der Waals surface area contributed by atoms with Crippen LogP contribution in [0.1, 0.15) is 19.4 Å². The van der Waals surface area contributed by atoms with Crippen molar-refractivity contribution < 1.29 is 4.79 Å². The lowest BCUT2D eigenvalue weighted by molar-refractivity contribution is -0.123. The molecule has 4 heteroatoms. The van der Waals surface area contributed by atoms with Gasteiger partial charge < -0.3 is 4.90 Å². The first-order chi connectivity index (χ1) is 15.7. The van der Waals surface area contributed by atoms with Crippen LogP contribution >= 0.6 is 0 Å². The quantitative estimate of drug-likeness (QED) is 0.536. The Balaban J connectivity index is 1.36. The number of amides is 1. The molecule has 4 nitrogen and oxygen atoms in total. The van der Waals surface area contributed by atoms with Crippen LogP contribution in [0.4, 0.5) is 5.69 Å². The molecule has 32 heavy (non-hydrogen) atoms. The van der Waals surface area contributed by atoms with Crippen molar-refractivity contribution >= 4 is 28.4 Å². The van der Waals surface area contributed by atoms with Crippen molar-refractivity contribution in [3.05, 3.63) is 84.4 Å². The molecule has 1 atom stereocenters. The average Bonchev–Trinajstić information content (AvgIpc) is 2.85. The van der Waals surface area contributed by atoms with E-state index in [-0.39, 0.29) is 11.9 Å². The molecule has 1 heterocycles. The molecule has 1 saturated heterocycles. The second kappa shape index (κ2) is 10.6. The maximum absolute atomic E-state index is 13.5. The van der Waals surface area contributed by atoms with Crippen LogP contribution in [-0.2, 0) is 4.79 Å². The predicted octanol–water partition coefficient (Wildman–Crippen LogP) is 4.91. The van der Waals surface area contributed by atoms with Crippen molar-refractivity contribution in [3.8, 4) is 0 Å². The summed E-state index contributed by atoms with van der Waals surface area (Å²) in [6.45, 7) is 9.53. The first-order valence-electron chi connectivity index (χ1n) is 11.6. The molecule has 0 aromatic heterocycles. The summed E-state index contributed by atoms with van der Waals surface area (Å²) in [5.74, 6) is 0.182. The Labute approximate surface area is 191 Å². The van der Waals surface area contributed by atoms with Gasteiger partial charge in [0, 0.05) is 44.7 Å². The zero-order valence-corrected chi connectivity index (χ0v) is 19.2. The summed E-state index contributed by atoms with van der Waals surface area (Å²) in [6.07, 6.45) is 4.42. The zero-order chi connectivity index (χ0) is 22.3. The van der Waals surface area contributed by atoms with Crippen LogP contribution in [0.15, 0.2) is 78.9 Å². The normalized spacial score (nSPS) is 16.4. The number of fused-ring (bicyclic) bond motifs is 1. The molecular weight excluding hydrogens is 394 g/mol. The van der Waals surface area contributed by atoms with Gasteiger partial charge in [0.05, 0.1) is 11.7 Å². The van der Waals surface area contributed by atoms with E-state index in [1.54, 1.807) is 0 Å². The molecule has 0 N–H and O–H groups in total. The Bertz CT molecular complexity index is 1050. The van der Waals surface area contributed by atoms with Gasteiger partial charge in [0.25, 0.3) is 0 Å². The van der Waals surface area contributed by atoms with E-state index < -0.39 is 0 Å². The SMILES string of the molecule is CCN(C(=O)[C@@H](C)N1CCN(C/C=C/c2ccccc2)CC1)c1cccc2ccccc12. The van der Waals surface area contributed by atoms with E-state index >= 15 is 0 Å². The van der Waals surface area contributed by atoms with Gasteiger partial charge in [0.1, 0.15) is 0 Å². The third-order valence-electron chi connectivity index (χ3n) is 6.43. The highest BCUT2D eigenvalue weighted by molar-refractivity contribution is 6.05. The molecule has 0 aliphatic carbocycles. The lowest BCUT2D eigenvalue weighted by Gasteiger charge is -2.38. The van der Waals surface area contributed by atoms with Crippen molar-refractivity contribution in [3.63, 3.8) is 0 Å². The van der Waals surface area contributed by atoms with Crippen LogP contribution in [-0.4, -0.2) is 61.0 Å². The van der Waals surface area contributed by atoms with Crippen molar-refractivity contribution in [2.45, 2.75) is 19.9 Å². The van der Waals surface area contributed by atoms with Crippen molar-refractivity contribution in [2.24, 2.45) is 0 Å². The maximum Gasteiger partial charge on any atom is 0.244 e. The number of carbonyl (C=O) groups excluding carboxylic acids is 1. The molecule has 4 rings (SSSR count). The van der Waals surface area contributed by atoms with Crippen molar-refractivity contribution in [2.75, 3.05) is 44.2 Å². The highest BCUT2D eigenvalue weighted by Gasteiger charge is 2.29. The van der Waals surface area contributed by atoms with Gasteiger partial charge in [-0.2, -0.15) is 0 Å². The molecular formula is C28H33N3O. The summed E-state index contributed by atoms with van der Waals surface area (Å²) in [4.78, 5) is 20.2. The van der Waals surface area contributed by atoms with Gasteiger partial charge in [0.2, 0.25) is 5.91 Å². The van der Waals surface area contributed by atoms with Crippen molar-refractivity contribution in [1.29, 1.82) is 0 Å². The molecule has 3 aromatic rings. The Morgan fingerprint density at radius 3 is 2.38 bits per heavy atom. The topological polar surface area (TPSA) is 26.8 Å². The van der Waals surface area contributed by atoms with Gasteiger partial charge in [-0.25, -0.2) is 0 Å². The summed E-state index contributed by atoms with van der Waals surface area (Å²) < 4.78 is 0. The Morgan fingerprint density at radius 2 is 1.62 bits per heavy atom. The predicted molar refractivity (Wildman–Crippen MR) is 135 cm³/mol. The van der Waals surface area contributed by atoms with Gasteiger partial charge in [-0.05, 0) is 30.9 Å². The first kappa shape index (κ1) is 22.3. The lowest BCUT2D eigenvalue weighted by atomic mass is 10.1. The number of piperazine rings is 1. The smallest absolute Gasteiger partial charge is 0.244 e. The standard InChI is InChI=1S/C28H33N3O/c1-3-31(27-17-9-15-25-14-7-8-16-26(25)27)28(32)23(2)30-21-19-29(20-22-30)18-10-13-24-11-5-4-6-12-24/h4-17,23H,3,18-22H2,1-2H3/b13-10+/t23-/m1/s1. The number of nitrogens with zero attached hydrogens (tertiary/aromatic N) is 3. The number of anilines is 1. The fraction of sp³-hybridized carbons (Fsp3) is 0.321. The highest BCUT2D eigenvalue weighted by Crippen LogP contribution is 2.27. The molecule has 1 fully saturated rings. The molecule has 1 aliphatic heterocycles. The van der Waals surface area contributed by atoms with Gasteiger partial charge in [0.15, 0.2) is 0 Å². The van der Waals surface area contributed by atoms with E-state index in [0.29, 0.717) is 6.54 Å². The molecule has 166 valence electrons. The van der Waals surface area contributed by atoms with E-state index in [1.807, 2.05) is 29.2 Å². The highest BCUT2D eigenvalue weighted by atomic mass is 16.2. The molecule has 1 amide bonds. The van der Waals surface area contributed by atoms with E-state index in [9.17, 15) is 4.79 Å². The number of benzene rings is 3. The van der Waals surface area contributed by atoms with Gasteiger partial charge >= 0.3 is 0 Å². The minimum atomic E-state index is -0.129. The molecule has 0 radical (unpaired) electrons. The minimum Gasteiger partial charge on any atom is -0.311 e. The Hall–Kier alpha value is -2.95. The van der Waals surface area contributed by atoms with Crippen LogP contribution in [0.2, 0.25) is 0 Å². The van der Waals surface area contributed by atoms with E-state index in [1.165, 1.54) is 10.9 Å². The minimum absolute atomic E-state index is 0.129. The fourth-order valence-corrected chi connectivity index (χ4v) is 4.51. The van der Waals surface area contributed by atoms with Crippen LogP contribution < -0.4 is 4.90 Å². The number of rotatable bonds is 7. The van der Waals surface area contributed by atoms with E-state index in [0.717, 1.165) is 43.8 Å². The largest absolute Gasteiger partial charge is 0.311 e. The first-order valence-corrected chi connectivity index (χ1v) is 11.6. The van der Waals surface area contributed by atoms with E-state index in [2.05, 4.69) is 84.3 Å². The zero-order valence-electron chi connectivity index (χ0n) is 19.2. The van der Waals surface area contributed by atoms with Crippen LogP contribution in [0, 0.1) is 0 Å². The molecule has 1 aliphatic rings. The lowest BCUT2D eigenvalue weighted by Crippen LogP contribution is -2.54.